The average molecular weight is 262 g/mol. The molecule has 1 atom stereocenters. The molecule has 0 spiro atoms. The maximum absolute atomic E-state index is 11.7. The third-order valence-electron chi connectivity index (χ3n) is 3.50. The summed E-state index contributed by atoms with van der Waals surface area (Å²) >= 11 is 0. The van der Waals surface area contributed by atoms with E-state index in [9.17, 15) is 4.79 Å². The van der Waals surface area contributed by atoms with E-state index in [1.807, 2.05) is 18.3 Å². The number of rotatable bonds is 7. The molecule has 0 aliphatic carbocycles. The van der Waals surface area contributed by atoms with E-state index in [4.69, 9.17) is 4.74 Å². The first kappa shape index (κ1) is 14.0. The lowest BCUT2D eigenvalue weighted by molar-refractivity contribution is -0.121. The second kappa shape index (κ2) is 7.89. The van der Waals surface area contributed by atoms with Gasteiger partial charge in [0.05, 0.1) is 0 Å². The molecule has 4 nitrogen and oxygen atoms in total. The van der Waals surface area contributed by atoms with Crippen LogP contribution in [0, 0.1) is 5.92 Å². The molecule has 2 heterocycles. The van der Waals surface area contributed by atoms with Gasteiger partial charge in [0.2, 0.25) is 5.91 Å². The third kappa shape index (κ3) is 5.39. The lowest BCUT2D eigenvalue weighted by atomic mass is 10.0. The number of carbonyl (C=O) groups excluding carboxylic acids is 1. The first-order valence-electron chi connectivity index (χ1n) is 7.08. The number of aryl methyl sites for hydroxylation is 1. The monoisotopic (exact) mass is 262 g/mol. The Bertz CT molecular complexity index is 375. The first-order chi connectivity index (χ1) is 9.34. The molecule has 1 aliphatic heterocycles. The topological polar surface area (TPSA) is 51.2 Å². The van der Waals surface area contributed by atoms with Crippen molar-refractivity contribution in [3.63, 3.8) is 0 Å². The molecule has 1 aromatic heterocycles. The van der Waals surface area contributed by atoms with Crippen LogP contribution >= 0.6 is 0 Å². The van der Waals surface area contributed by atoms with Crippen LogP contribution in [0.15, 0.2) is 24.5 Å². The molecule has 1 aromatic rings. The van der Waals surface area contributed by atoms with Crippen LogP contribution in [0.5, 0.6) is 0 Å². The predicted octanol–water partition coefficient (Wildman–Crippen LogP) is 1.95. The molecule has 1 saturated heterocycles. The normalized spacial score (nSPS) is 18.4. The first-order valence-corrected chi connectivity index (χ1v) is 7.08. The number of hydrogen-bond donors (Lipinski definition) is 1. The molecule has 4 heteroatoms. The van der Waals surface area contributed by atoms with E-state index in [1.54, 1.807) is 6.20 Å². The van der Waals surface area contributed by atoms with Crippen molar-refractivity contribution >= 4 is 5.91 Å². The van der Waals surface area contributed by atoms with E-state index in [0.29, 0.717) is 12.3 Å². The summed E-state index contributed by atoms with van der Waals surface area (Å²) in [5.74, 6) is 0.832. The van der Waals surface area contributed by atoms with Gasteiger partial charge in [-0.15, -0.1) is 0 Å². The number of nitrogens with one attached hydrogen (secondary N) is 1. The lowest BCUT2D eigenvalue weighted by Crippen LogP contribution is -2.25. The van der Waals surface area contributed by atoms with Crippen molar-refractivity contribution in [2.24, 2.45) is 5.92 Å². The summed E-state index contributed by atoms with van der Waals surface area (Å²) in [6, 6.07) is 3.90. The Morgan fingerprint density at radius 1 is 1.53 bits per heavy atom. The molecular formula is C15H22N2O2. The minimum Gasteiger partial charge on any atom is -0.381 e. The lowest BCUT2D eigenvalue weighted by Gasteiger charge is -2.08. The highest BCUT2D eigenvalue weighted by Crippen LogP contribution is 2.17. The number of hydrogen-bond acceptors (Lipinski definition) is 3. The molecular weight excluding hydrogens is 240 g/mol. The predicted molar refractivity (Wildman–Crippen MR) is 73.7 cm³/mol. The van der Waals surface area contributed by atoms with Gasteiger partial charge in [0.1, 0.15) is 0 Å². The summed E-state index contributed by atoms with van der Waals surface area (Å²) in [6.45, 7) is 2.58. The van der Waals surface area contributed by atoms with Gasteiger partial charge in [0, 0.05) is 38.6 Å². The zero-order valence-corrected chi connectivity index (χ0v) is 11.3. The highest BCUT2D eigenvalue weighted by Gasteiger charge is 2.14. The van der Waals surface area contributed by atoms with Gasteiger partial charge in [0.25, 0.3) is 0 Å². The smallest absolute Gasteiger partial charge is 0.220 e. The van der Waals surface area contributed by atoms with Crippen molar-refractivity contribution in [1.82, 2.24) is 10.3 Å². The van der Waals surface area contributed by atoms with Gasteiger partial charge in [-0.25, -0.2) is 0 Å². The van der Waals surface area contributed by atoms with Gasteiger partial charge >= 0.3 is 0 Å². The number of ether oxygens (including phenoxy) is 1. The van der Waals surface area contributed by atoms with Crippen LogP contribution in [0.4, 0.5) is 0 Å². The molecule has 0 aromatic carbocycles. The minimum atomic E-state index is 0.131. The largest absolute Gasteiger partial charge is 0.381 e. The molecule has 1 fully saturated rings. The number of aromatic nitrogens is 1. The van der Waals surface area contributed by atoms with Gasteiger partial charge in [0.15, 0.2) is 0 Å². The fourth-order valence-electron chi connectivity index (χ4n) is 2.32. The van der Waals surface area contributed by atoms with Crippen LogP contribution in [0.3, 0.4) is 0 Å². The van der Waals surface area contributed by atoms with E-state index >= 15 is 0 Å². The minimum absolute atomic E-state index is 0.131. The second-order valence-corrected chi connectivity index (χ2v) is 5.08. The quantitative estimate of drug-likeness (QED) is 0.764. The Morgan fingerprint density at radius 3 is 3.21 bits per heavy atom. The maximum atomic E-state index is 11.7. The van der Waals surface area contributed by atoms with Crippen molar-refractivity contribution in [3.8, 4) is 0 Å². The molecule has 1 amide bonds. The van der Waals surface area contributed by atoms with Crippen LogP contribution in [0.25, 0.3) is 0 Å². The van der Waals surface area contributed by atoms with E-state index in [0.717, 1.165) is 44.6 Å². The fraction of sp³-hybridized carbons (Fsp3) is 0.600. The zero-order valence-electron chi connectivity index (χ0n) is 11.3. The SMILES string of the molecule is O=C(CCc1cccnc1)NCCC[C@H]1CCOC1. The summed E-state index contributed by atoms with van der Waals surface area (Å²) in [6.07, 6.45) is 8.24. The summed E-state index contributed by atoms with van der Waals surface area (Å²) in [4.78, 5) is 15.7. The van der Waals surface area contributed by atoms with Gasteiger partial charge in [-0.1, -0.05) is 6.07 Å². The van der Waals surface area contributed by atoms with Gasteiger partial charge in [-0.05, 0) is 43.2 Å². The highest BCUT2D eigenvalue weighted by molar-refractivity contribution is 5.76. The fourth-order valence-corrected chi connectivity index (χ4v) is 2.32. The summed E-state index contributed by atoms with van der Waals surface area (Å²) in [5, 5.41) is 2.98. The maximum Gasteiger partial charge on any atom is 0.220 e. The van der Waals surface area contributed by atoms with Crippen molar-refractivity contribution < 1.29 is 9.53 Å². The molecule has 104 valence electrons. The van der Waals surface area contributed by atoms with Crippen LogP contribution in [-0.2, 0) is 16.0 Å². The van der Waals surface area contributed by atoms with E-state index in [-0.39, 0.29) is 5.91 Å². The van der Waals surface area contributed by atoms with Crippen molar-refractivity contribution in [3.05, 3.63) is 30.1 Å². The van der Waals surface area contributed by atoms with Crippen LogP contribution in [0.2, 0.25) is 0 Å². The van der Waals surface area contributed by atoms with Gasteiger partial charge < -0.3 is 10.1 Å². The van der Waals surface area contributed by atoms with Gasteiger partial charge in [-0.2, -0.15) is 0 Å². The summed E-state index contributed by atoms with van der Waals surface area (Å²) in [5.41, 5.74) is 1.11. The van der Waals surface area contributed by atoms with E-state index in [1.165, 1.54) is 6.42 Å². The molecule has 19 heavy (non-hydrogen) atoms. The Morgan fingerprint density at radius 2 is 2.47 bits per heavy atom. The van der Waals surface area contributed by atoms with Crippen LogP contribution in [0.1, 0.15) is 31.2 Å². The summed E-state index contributed by atoms with van der Waals surface area (Å²) < 4.78 is 5.33. The molecule has 0 unspecified atom stereocenters. The van der Waals surface area contributed by atoms with Crippen LogP contribution < -0.4 is 5.32 Å². The van der Waals surface area contributed by atoms with Crippen molar-refractivity contribution in [2.45, 2.75) is 32.1 Å². The number of nitrogens with zero attached hydrogens (tertiary/aromatic N) is 1. The molecule has 1 aliphatic rings. The average Bonchev–Trinajstić information content (AvgIpc) is 2.96. The Kier molecular flexibility index (Phi) is 5.82. The molecule has 2 rings (SSSR count). The van der Waals surface area contributed by atoms with Crippen molar-refractivity contribution in [1.29, 1.82) is 0 Å². The Hall–Kier alpha value is -1.42. The zero-order chi connectivity index (χ0) is 13.3. The molecule has 0 bridgehead atoms. The molecule has 0 saturated carbocycles. The third-order valence-corrected chi connectivity index (χ3v) is 3.50. The Balaban J connectivity index is 1.52. The number of carbonyl (C=O) groups is 1. The van der Waals surface area contributed by atoms with E-state index in [2.05, 4.69) is 10.3 Å². The second-order valence-electron chi connectivity index (χ2n) is 5.08. The number of pyridine rings is 1. The molecule has 0 radical (unpaired) electrons. The Labute approximate surface area is 114 Å². The number of amides is 1. The molecule has 1 N–H and O–H groups in total. The summed E-state index contributed by atoms with van der Waals surface area (Å²) in [7, 11) is 0. The standard InChI is InChI=1S/C15H22N2O2/c18-15(6-5-13-3-1-8-16-11-13)17-9-2-4-14-7-10-19-12-14/h1,3,8,11,14H,2,4-7,9-10,12H2,(H,17,18)/t14-/m0/s1. The van der Waals surface area contributed by atoms with Crippen LogP contribution in [-0.4, -0.2) is 30.6 Å². The van der Waals surface area contributed by atoms with Crippen molar-refractivity contribution in [2.75, 3.05) is 19.8 Å². The van der Waals surface area contributed by atoms with E-state index < -0.39 is 0 Å². The van der Waals surface area contributed by atoms with Gasteiger partial charge in [-0.3, -0.25) is 9.78 Å². The highest BCUT2D eigenvalue weighted by atomic mass is 16.5.